The van der Waals surface area contributed by atoms with Gasteiger partial charge in [0.25, 0.3) is 0 Å². The lowest BCUT2D eigenvalue weighted by Gasteiger charge is -2.20. The Morgan fingerprint density at radius 3 is 3.22 bits per heavy atom. The van der Waals surface area contributed by atoms with Crippen molar-refractivity contribution in [2.75, 3.05) is 0 Å². The summed E-state index contributed by atoms with van der Waals surface area (Å²) in [6.07, 6.45) is 8.31. The number of fused-ring (bicyclic) bond motifs is 5. The van der Waals surface area contributed by atoms with E-state index in [4.69, 9.17) is 4.98 Å². The molecule has 4 aromatic heterocycles. The van der Waals surface area contributed by atoms with Gasteiger partial charge in [-0.25, -0.2) is 14.5 Å². The minimum Gasteiger partial charge on any atom is -0.275 e. The molecule has 1 atom stereocenters. The number of hydrogen-bond donors (Lipinski definition) is 1. The molecule has 0 saturated carbocycles. The van der Waals surface area contributed by atoms with Crippen molar-refractivity contribution in [3.05, 3.63) is 29.0 Å². The van der Waals surface area contributed by atoms with Gasteiger partial charge in [0.05, 0.1) is 5.39 Å². The van der Waals surface area contributed by atoms with Crippen molar-refractivity contribution in [2.45, 2.75) is 32.6 Å². The van der Waals surface area contributed by atoms with E-state index in [2.05, 4.69) is 27.2 Å². The number of H-pyrrole nitrogens is 1. The normalized spacial score (nSPS) is 17.9. The van der Waals surface area contributed by atoms with Gasteiger partial charge >= 0.3 is 0 Å². The lowest BCUT2D eigenvalue weighted by Crippen LogP contribution is -2.11. The highest BCUT2D eigenvalue weighted by Gasteiger charge is 2.24. The number of rotatable bonds is 2. The molecule has 0 saturated heterocycles. The van der Waals surface area contributed by atoms with Gasteiger partial charge in [-0.15, -0.1) is 16.4 Å². The average Bonchev–Trinajstić information content (AvgIpc) is 3.29. The Bertz CT molecular complexity index is 997. The zero-order valence-corrected chi connectivity index (χ0v) is 13.6. The van der Waals surface area contributed by atoms with Crippen LogP contribution in [0.15, 0.2) is 18.6 Å². The molecule has 0 fully saturated rings. The lowest BCUT2D eigenvalue weighted by molar-refractivity contribution is 0.451. The van der Waals surface area contributed by atoms with Crippen molar-refractivity contribution in [1.29, 1.82) is 0 Å². The third-order valence-electron chi connectivity index (χ3n) is 4.81. The summed E-state index contributed by atoms with van der Waals surface area (Å²) in [5.41, 5.74) is 3.18. The SMILES string of the molecule is CC[C@@H]1CCc2c(sc3ncn4nc(-c5ccn[nH]5)nc4c23)C1. The van der Waals surface area contributed by atoms with E-state index in [1.165, 1.54) is 35.1 Å². The highest BCUT2D eigenvalue weighted by atomic mass is 32.1. The smallest absolute Gasteiger partial charge is 0.200 e. The van der Waals surface area contributed by atoms with Crippen LogP contribution in [0.25, 0.3) is 27.4 Å². The summed E-state index contributed by atoms with van der Waals surface area (Å²) in [5, 5.41) is 12.6. The molecule has 0 amide bonds. The molecule has 5 rings (SSSR count). The topological polar surface area (TPSA) is 71.8 Å². The molecule has 1 aliphatic carbocycles. The van der Waals surface area contributed by atoms with Crippen LogP contribution >= 0.6 is 11.3 Å². The second-order valence-corrected chi connectivity index (χ2v) is 7.20. The maximum atomic E-state index is 4.75. The predicted octanol–water partition coefficient (Wildman–Crippen LogP) is 3.24. The fourth-order valence-corrected chi connectivity index (χ4v) is 4.78. The molecular formula is C16H16N6S. The highest BCUT2D eigenvalue weighted by molar-refractivity contribution is 7.19. The summed E-state index contributed by atoms with van der Waals surface area (Å²) in [6, 6.07) is 1.88. The molecule has 0 spiro atoms. The first-order chi connectivity index (χ1) is 11.3. The van der Waals surface area contributed by atoms with E-state index < -0.39 is 0 Å². The van der Waals surface area contributed by atoms with Crippen molar-refractivity contribution >= 4 is 27.2 Å². The summed E-state index contributed by atoms with van der Waals surface area (Å²) in [7, 11) is 0. The molecule has 0 bridgehead atoms. The van der Waals surface area contributed by atoms with Gasteiger partial charge in [-0.05, 0) is 36.8 Å². The Balaban J connectivity index is 1.74. The van der Waals surface area contributed by atoms with Gasteiger partial charge in [-0.3, -0.25) is 5.10 Å². The molecule has 0 radical (unpaired) electrons. The Hall–Kier alpha value is -2.28. The van der Waals surface area contributed by atoms with Crippen molar-refractivity contribution in [2.24, 2.45) is 5.92 Å². The fraction of sp³-hybridized carbons (Fsp3) is 0.375. The quantitative estimate of drug-likeness (QED) is 0.614. The average molecular weight is 324 g/mol. The maximum absolute atomic E-state index is 4.75. The third-order valence-corrected chi connectivity index (χ3v) is 5.97. The number of aromatic amines is 1. The number of nitrogens with zero attached hydrogens (tertiary/aromatic N) is 5. The number of aromatic nitrogens is 6. The Morgan fingerprint density at radius 1 is 1.43 bits per heavy atom. The van der Waals surface area contributed by atoms with Crippen LogP contribution < -0.4 is 0 Å². The van der Waals surface area contributed by atoms with Crippen LogP contribution in [0.5, 0.6) is 0 Å². The van der Waals surface area contributed by atoms with E-state index in [0.717, 1.165) is 28.5 Å². The van der Waals surface area contributed by atoms with Crippen LogP contribution in [0.2, 0.25) is 0 Å². The number of nitrogens with one attached hydrogen (secondary N) is 1. The first-order valence-corrected chi connectivity index (χ1v) is 8.80. The molecule has 0 aromatic carbocycles. The van der Waals surface area contributed by atoms with Gasteiger partial charge in [-0.2, -0.15) is 5.10 Å². The third kappa shape index (κ3) is 1.92. The van der Waals surface area contributed by atoms with E-state index in [0.29, 0.717) is 5.82 Å². The lowest BCUT2D eigenvalue weighted by atomic mass is 9.86. The van der Waals surface area contributed by atoms with E-state index in [9.17, 15) is 0 Å². The number of hydrogen-bond acceptors (Lipinski definition) is 5. The summed E-state index contributed by atoms with van der Waals surface area (Å²) < 4.78 is 1.79. The minimum atomic E-state index is 0.666. The molecule has 0 unspecified atom stereocenters. The molecule has 0 aliphatic heterocycles. The molecule has 23 heavy (non-hydrogen) atoms. The maximum Gasteiger partial charge on any atom is 0.200 e. The highest BCUT2D eigenvalue weighted by Crippen LogP contribution is 2.39. The van der Waals surface area contributed by atoms with E-state index in [-0.39, 0.29) is 0 Å². The Kier molecular flexibility index (Phi) is 2.78. The monoisotopic (exact) mass is 324 g/mol. The summed E-state index contributed by atoms with van der Waals surface area (Å²) in [5.74, 6) is 1.48. The standard InChI is InChI=1S/C16H16N6S/c1-2-9-3-4-10-12(7-9)23-16-13(10)15-19-14(11-5-6-18-20-11)21-22(15)8-17-16/h5-6,8-9H,2-4,7H2,1H3,(H,18,20)/t9-/m1/s1. The summed E-state index contributed by atoms with van der Waals surface area (Å²) in [4.78, 5) is 11.9. The van der Waals surface area contributed by atoms with Crippen molar-refractivity contribution in [3.63, 3.8) is 0 Å². The predicted molar refractivity (Wildman–Crippen MR) is 89.6 cm³/mol. The van der Waals surface area contributed by atoms with E-state index in [1.54, 1.807) is 17.0 Å². The van der Waals surface area contributed by atoms with Crippen molar-refractivity contribution in [3.8, 4) is 11.5 Å². The molecule has 1 aliphatic rings. The molecular weight excluding hydrogens is 308 g/mol. The van der Waals surface area contributed by atoms with Gasteiger partial charge in [0, 0.05) is 11.1 Å². The largest absolute Gasteiger partial charge is 0.275 e. The zero-order valence-electron chi connectivity index (χ0n) is 12.8. The molecule has 7 heteroatoms. The van der Waals surface area contributed by atoms with Crippen LogP contribution in [-0.2, 0) is 12.8 Å². The molecule has 4 heterocycles. The Morgan fingerprint density at radius 2 is 2.39 bits per heavy atom. The first kappa shape index (κ1) is 13.2. The Labute approximate surface area is 136 Å². The van der Waals surface area contributed by atoms with Crippen molar-refractivity contribution in [1.82, 2.24) is 29.8 Å². The van der Waals surface area contributed by atoms with Gasteiger partial charge in [-0.1, -0.05) is 13.3 Å². The summed E-state index contributed by atoms with van der Waals surface area (Å²) >= 11 is 1.83. The van der Waals surface area contributed by atoms with Crippen LogP contribution in [-0.4, -0.2) is 29.8 Å². The molecule has 4 aromatic rings. The number of aryl methyl sites for hydroxylation is 1. The van der Waals surface area contributed by atoms with E-state index >= 15 is 0 Å². The summed E-state index contributed by atoms with van der Waals surface area (Å²) in [6.45, 7) is 2.29. The van der Waals surface area contributed by atoms with Gasteiger partial charge in [0.2, 0.25) is 0 Å². The molecule has 116 valence electrons. The van der Waals surface area contributed by atoms with Crippen LogP contribution in [0.4, 0.5) is 0 Å². The minimum absolute atomic E-state index is 0.666. The second-order valence-electron chi connectivity index (χ2n) is 6.12. The molecule has 1 N–H and O–H groups in total. The zero-order chi connectivity index (χ0) is 15.4. The van der Waals surface area contributed by atoms with E-state index in [1.807, 2.05) is 17.4 Å². The van der Waals surface area contributed by atoms with Crippen molar-refractivity contribution < 1.29 is 0 Å². The second kappa shape index (κ2) is 4.86. The fourth-order valence-electron chi connectivity index (χ4n) is 3.49. The first-order valence-electron chi connectivity index (χ1n) is 7.99. The number of thiophene rings is 1. The van der Waals surface area contributed by atoms with Crippen LogP contribution in [0.3, 0.4) is 0 Å². The van der Waals surface area contributed by atoms with Crippen LogP contribution in [0, 0.1) is 5.92 Å². The van der Waals surface area contributed by atoms with Gasteiger partial charge in [0.1, 0.15) is 16.9 Å². The van der Waals surface area contributed by atoms with Gasteiger partial charge in [0.15, 0.2) is 11.5 Å². The van der Waals surface area contributed by atoms with Gasteiger partial charge < -0.3 is 0 Å². The molecule has 6 nitrogen and oxygen atoms in total. The van der Waals surface area contributed by atoms with Crippen LogP contribution in [0.1, 0.15) is 30.2 Å².